The lowest BCUT2D eigenvalue weighted by molar-refractivity contribution is 0.166. The van der Waals surface area contributed by atoms with Crippen LogP contribution in [0.4, 0.5) is 0 Å². The van der Waals surface area contributed by atoms with Crippen LogP contribution in [0.2, 0.25) is 0 Å². The summed E-state index contributed by atoms with van der Waals surface area (Å²) in [5.41, 5.74) is 1.33. The lowest BCUT2D eigenvalue weighted by Gasteiger charge is -2.19. The first-order chi connectivity index (χ1) is 10.2. The van der Waals surface area contributed by atoms with E-state index >= 15 is 0 Å². The Morgan fingerprint density at radius 1 is 1.29 bits per heavy atom. The maximum absolute atomic E-state index is 10.4. The Morgan fingerprint density at radius 2 is 2.05 bits per heavy atom. The smallest absolute Gasteiger partial charge is 0.124 e. The largest absolute Gasteiger partial charge is 0.497 e. The van der Waals surface area contributed by atoms with Gasteiger partial charge in [0.05, 0.1) is 20.3 Å². The molecule has 116 valence electrons. The lowest BCUT2D eigenvalue weighted by Crippen LogP contribution is -2.29. The summed E-state index contributed by atoms with van der Waals surface area (Å²) in [6.45, 7) is 1.58. The second kappa shape index (κ2) is 5.85. The number of aliphatic hydroxyl groups excluding tert-OH is 1. The van der Waals surface area contributed by atoms with E-state index in [0.717, 1.165) is 23.8 Å². The van der Waals surface area contributed by atoms with Crippen LogP contribution in [0, 0.1) is 11.3 Å². The molecule has 1 unspecified atom stereocenters. The maximum atomic E-state index is 10.4. The molecule has 1 atom stereocenters. The van der Waals surface area contributed by atoms with Gasteiger partial charge in [-0.05, 0) is 55.2 Å². The van der Waals surface area contributed by atoms with Gasteiger partial charge >= 0.3 is 0 Å². The molecule has 2 aliphatic carbocycles. The summed E-state index contributed by atoms with van der Waals surface area (Å²) in [4.78, 5) is 0. The molecule has 0 aromatic heterocycles. The molecular formula is C17H25NO3. The van der Waals surface area contributed by atoms with Crippen molar-refractivity contribution in [3.05, 3.63) is 23.8 Å². The molecule has 2 aliphatic rings. The van der Waals surface area contributed by atoms with Crippen LogP contribution < -0.4 is 14.8 Å². The molecule has 2 saturated carbocycles. The Morgan fingerprint density at radius 3 is 2.62 bits per heavy atom. The highest BCUT2D eigenvalue weighted by atomic mass is 16.5. The van der Waals surface area contributed by atoms with E-state index in [1.807, 2.05) is 18.2 Å². The van der Waals surface area contributed by atoms with Crippen LogP contribution in [0.15, 0.2) is 18.2 Å². The topological polar surface area (TPSA) is 50.7 Å². The first kappa shape index (κ1) is 14.7. The monoisotopic (exact) mass is 291 g/mol. The van der Waals surface area contributed by atoms with Gasteiger partial charge in [0.15, 0.2) is 0 Å². The molecule has 2 fully saturated rings. The van der Waals surface area contributed by atoms with Gasteiger partial charge < -0.3 is 19.9 Å². The Bertz CT molecular complexity index is 495. The van der Waals surface area contributed by atoms with Gasteiger partial charge in [-0.2, -0.15) is 0 Å². The SMILES string of the molecule is COc1ccc(OC)c(C(O)CNCC2(C3CC3)CC2)c1. The highest BCUT2D eigenvalue weighted by Crippen LogP contribution is 2.60. The van der Waals surface area contributed by atoms with Crippen LogP contribution in [0.3, 0.4) is 0 Å². The Balaban J connectivity index is 1.58. The third-order valence-corrected chi connectivity index (χ3v) is 4.95. The number of hydrogen-bond acceptors (Lipinski definition) is 4. The summed E-state index contributed by atoms with van der Waals surface area (Å²) in [7, 11) is 3.25. The molecule has 0 spiro atoms. The van der Waals surface area contributed by atoms with Gasteiger partial charge in [0.2, 0.25) is 0 Å². The van der Waals surface area contributed by atoms with Gasteiger partial charge in [-0.25, -0.2) is 0 Å². The van der Waals surface area contributed by atoms with Gasteiger partial charge in [0.25, 0.3) is 0 Å². The van der Waals surface area contributed by atoms with E-state index in [9.17, 15) is 5.11 Å². The summed E-state index contributed by atoms with van der Waals surface area (Å²) >= 11 is 0. The summed E-state index contributed by atoms with van der Waals surface area (Å²) in [5, 5.41) is 13.9. The van der Waals surface area contributed by atoms with Crippen molar-refractivity contribution < 1.29 is 14.6 Å². The van der Waals surface area contributed by atoms with Gasteiger partial charge in [-0.1, -0.05) is 0 Å². The molecule has 4 heteroatoms. The van der Waals surface area contributed by atoms with E-state index in [1.165, 1.54) is 25.7 Å². The molecule has 0 amide bonds. The van der Waals surface area contributed by atoms with Crippen molar-refractivity contribution in [3.8, 4) is 11.5 Å². The standard InChI is InChI=1S/C17H25NO3/c1-20-13-5-6-16(21-2)14(9-13)15(19)10-18-11-17(7-8-17)12-3-4-12/h5-6,9,12,15,18-19H,3-4,7-8,10-11H2,1-2H3. The fourth-order valence-corrected chi connectivity index (χ4v) is 3.25. The quantitative estimate of drug-likeness (QED) is 0.773. The minimum atomic E-state index is -0.579. The van der Waals surface area contributed by atoms with Crippen molar-refractivity contribution in [2.24, 2.45) is 11.3 Å². The molecule has 2 N–H and O–H groups in total. The van der Waals surface area contributed by atoms with Gasteiger partial charge in [0, 0.05) is 18.7 Å². The highest BCUT2D eigenvalue weighted by Gasteiger charge is 2.53. The van der Waals surface area contributed by atoms with Gasteiger partial charge in [-0.3, -0.25) is 0 Å². The second-order valence-corrected chi connectivity index (χ2v) is 6.39. The molecule has 4 nitrogen and oxygen atoms in total. The van der Waals surface area contributed by atoms with Crippen molar-refractivity contribution in [1.29, 1.82) is 0 Å². The van der Waals surface area contributed by atoms with Crippen LogP contribution in [-0.4, -0.2) is 32.4 Å². The Kier molecular flexibility index (Phi) is 4.09. The van der Waals surface area contributed by atoms with Crippen molar-refractivity contribution >= 4 is 0 Å². The minimum absolute atomic E-state index is 0.554. The van der Waals surface area contributed by atoms with Crippen LogP contribution in [0.1, 0.15) is 37.4 Å². The lowest BCUT2D eigenvalue weighted by atomic mass is 10.0. The average Bonchev–Trinajstić information content (AvgIpc) is 3.38. The van der Waals surface area contributed by atoms with E-state index < -0.39 is 6.10 Å². The maximum Gasteiger partial charge on any atom is 0.124 e. The Labute approximate surface area is 126 Å². The third kappa shape index (κ3) is 3.16. The number of benzene rings is 1. The van der Waals surface area contributed by atoms with E-state index in [2.05, 4.69) is 5.32 Å². The molecule has 0 radical (unpaired) electrons. The third-order valence-electron chi connectivity index (χ3n) is 4.95. The number of nitrogens with one attached hydrogen (secondary N) is 1. The van der Waals surface area contributed by atoms with Crippen LogP contribution in [0.25, 0.3) is 0 Å². The fourth-order valence-electron chi connectivity index (χ4n) is 3.25. The summed E-state index contributed by atoms with van der Waals surface area (Å²) in [6, 6.07) is 5.53. The predicted molar refractivity (Wildman–Crippen MR) is 81.8 cm³/mol. The zero-order valence-corrected chi connectivity index (χ0v) is 12.9. The molecule has 0 aliphatic heterocycles. The average molecular weight is 291 g/mol. The van der Waals surface area contributed by atoms with Crippen molar-refractivity contribution in [2.45, 2.75) is 31.8 Å². The van der Waals surface area contributed by atoms with Crippen molar-refractivity contribution in [3.63, 3.8) is 0 Å². The van der Waals surface area contributed by atoms with Crippen molar-refractivity contribution in [2.75, 3.05) is 27.3 Å². The molecule has 1 aromatic carbocycles. The number of aliphatic hydroxyl groups is 1. The molecule has 0 heterocycles. The van der Waals surface area contributed by atoms with E-state index in [1.54, 1.807) is 14.2 Å². The molecule has 0 bridgehead atoms. The van der Waals surface area contributed by atoms with Crippen molar-refractivity contribution in [1.82, 2.24) is 5.32 Å². The zero-order chi connectivity index (χ0) is 14.9. The zero-order valence-electron chi connectivity index (χ0n) is 12.9. The number of methoxy groups -OCH3 is 2. The molecular weight excluding hydrogens is 266 g/mol. The van der Waals surface area contributed by atoms with E-state index in [4.69, 9.17) is 9.47 Å². The molecule has 1 aromatic rings. The number of hydrogen-bond donors (Lipinski definition) is 2. The van der Waals surface area contributed by atoms with E-state index in [0.29, 0.717) is 17.7 Å². The summed E-state index contributed by atoms with van der Waals surface area (Å²) < 4.78 is 10.6. The van der Waals surface area contributed by atoms with Gasteiger partial charge in [0.1, 0.15) is 11.5 Å². The highest BCUT2D eigenvalue weighted by molar-refractivity contribution is 5.41. The normalized spacial score (nSPS) is 20.9. The van der Waals surface area contributed by atoms with Crippen LogP contribution >= 0.6 is 0 Å². The van der Waals surface area contributed by atoms with Crippen LogP contribution in [0.5, 0.6) is 11.5 Å². The van der Waals surface area contributed by atoms with E-state index in [-0.39, 0.29) is 0 Å². The first-order valence-corrected chi connectivity index (χ1v) is 7.79. The number of ether oxygens (including phenoxy) is 2. The molecule has 3 rings (SSSR count). The minimum Gasteiger partial charge on any atom is -0.497 e. The predicted octanol–water partition coefficient (Wildman–Crippen LogP) is 2.52. The fraction of sp³-hybridized carbons (Fsp3) is 0.647. The summed E-state index contributed by atoms with van der Waals surface area (Å²) in [5.74, 6) is 2.38. The molecule has 0 saturated heterocycles. The van der Waals surface area contributed by atoms with Crippen LogP contribution in [-0.2, 0) is 0 Å². The second-order valence-electron chi connectivity index (χ2n) is 6.39. The first-order valence-electron chi connectivity index (χ1n) is 7.79. The summed E-state index contributed by atoms with van der Waals surface area (Å²) in [6.07, 6.45) is 4.92. The Hall–Kier alpha value is -1.26. The molecule has 21 heavy (non-hydrogen) atoms. The van der Waals surface area contributed by atoms with Gasteiger partial charge in [-0.15, -0.1) is 0 Å². The number of rotatable bonds is 8.